The quantitative estimate of drug-likeness (QED) is 0.769. The third-order valence-electron chi connectivity index (χ3n) is 5.21. The summed E-state index contributed by atoms with van der Waals surface area (Å²) in [5.74, 6) is 0.146. The fourth-order valence-electron chi connectivity index (χ4n) is 3.44. The van der Waals surface area contributed by atoms with Gasteiger partial charge in [0.15, 0.2) is 0 Å². The Morgan fingerprint density at radius 1 is 1.27 bits per heavy atom. The fraction of sp³-hybridized carbons (Fsp3) is 0.600. The summed E-state index contributed by atoms with van der Waals surface area (Å²) >= 11 is 0. The molecule has 0 aliphatic carbocycles. The summed E-state index contributed by atoms with van der Waals surface area (Å²) in [4.78, 5) is 27.2. The number of nitrogens with zero attached hydrogens (tertiary/aromatic N) is 2. The Kier molecular flexibility index (Phi) is 7.45. The molecule has 1 saturated heterocycles. The smallest absolute Gasteiger partial charge is 0.317 e. The van der Waals surface area contributed by atoms with Crippen LogP contribution in [0, 0.1) is 13.8 Å². The van der Waals surface area contributed by atoms with E-state index in [0.717, 1.165) is 24.2 Å². The Balaban J connectivity index is 1.76. The minimum Gasteiger partial charge on any atom is -0.493 e. The van der Waals surface area contributed by atoms with Crippen LogP contribution in [0.15, 0.2) is 18.2 Å². The second-order valence-corrected chi connectivity index (χ2v) is 6.87. The molecule has 26 heavy (non-hydrogen) atoms. The zero-order valence-corrected chi connectivity index (χ0v) is 16.0. The molecule has 0 spiro atoms. The number of ether oxygens (including phenoxy) is 1. The molecular formula is C20H30N2O4. The summed E-state index contributed by atoms with van der Waals surface area (Å²) in [6, 6.07) is 6.17. The van der Waals surface area contributed by atoms with Crippen molar-refractivity contribution in [1.82, 2.24) is 9.80 Å². The first-order valence-corrected chi connectivity index (χ1v) is 9.35. The van der Waals surface area contributed by atoms with Gasteiger partial charge in [-0.25, -0.2) is 0 Å². The molecule has 0 atom stereocenters. The highest BCUT2D eigenvalue weighted by Crippen LogP contribution is 2.21. The number of aliphatic carboxylic acids is 1. The predicted octanol–water partition coefficient (Wildman–Crippen LogP) is 2.47. The third kappa shape index (κ3) is 5.46. The van der Waals surface area contributed by atoms with Gasteiger partial charge in [-0.15, -0.1) is 0 Å². The number of piperidine rings is 1. The number of likely N-dealkylation sites (tertiary alicyclic amines) is 1. The van der Waals surface area contributed by atoms with E-state index in [-0.39, 0.29) is 18.5 Å². The molecule has 1 amide bonds. The summed E-state index contributed by atoms with van der Waals surface area (Å²) < 4.78 is 5.78. The number of carbonyl (C=O) groups excluding carboxylic acids is 1. The largest absolute Gasteiger partial charge is 0.493 e. The highest BCUT2D eigenvalue weighted by atomic mass is 16.5. The summed E-state index contributed by atoms with van der Waals surface area (Å²) in [6.07, 6.45) is 2.01. The molecule has 0 saturated carbocycles. The Labute approximate surface area is 155 Å². The molecule has 1 N–H and O–H groups in total. The van der Waals surface area contributed by atoms with Gasteiger partial charge in [0.2, 0.25) is 5.91 Å². The monoisotopic (exact) mass is 362 g/mol. The molecule has 0 radical (unpaired) electrons. The van der Waals surface area contributed by atoms with Crippen LogP contribution in [-0.2, 0) is 9.59 Å². The van der Waals surface area contributed by atoms with Crippen molar-refractivity contribution in [3.63, 3.8) is 0 Å². The van der Waals surface area contributed by atoms with Gasteiger partial charge in [0, 0.05) is 19.1 Å². The second kappa shape index (κ2) is 9.57. The molecule has 1 aliphatic rings. The molecule has 6 nitrogen and oxygen atoms in total. The lowest BCUT2D eigenvalue weighted by Gasteiger charge is -2.37. The number of rotatable bonds is 8. The van der Waals surface area contributed by atoms with E-state index in [0.29, 0.717) is 32.7 Å². The van der Waals surface area contributed by atoms with Gasteiger partial charge in [0.05, 0.1) is 19.6 Å². The molecule has 0 aromatic heterocycles. The van der Waals surface area contributed by atoms with Gasteiger partial charge >= 0.3 is 5.97 Å². The van der Waals surface area contributed by atoms with Crippen molar-refractivity contribution < 1.29 is 19.4 Å². The van der Waals surface area contributed by atoms with Crippen LogP contribution in [0.25, 0.3) is 0 Å². The third-order valence-corrected chi connectivity index (χ3v) is 5.21. The summed E-state index contributed by atoms with van der Waals surface area (Å²) in [5, 5.41) is 8.99. The molecule has 1 aromatic carbocycles. The van der Waals surface area contributed by atoms with Gasteiger partial charge in [0.1, 0.15) is 5.75 Å². The molecule has 1 fully saturated rings. The van der Waals surface area contributed by atoms with Crippen molar-refractivity contribution in [2.45, 2.75) is 46.1 Å². The van der Waals surface area contributed by atoms with E-state index in [1.807, 2.05) is 48.8 Å². The van der Waals surface area contributed by atoms with Crippen LogP contribution in [0.4, 0.5) is 0 Å². The van der Waals surface area contributed by atoms with Crippen molar-refractivity contribution in [2.24, 2.45) is 0 Å². The molecule has 144 valence electrons. The number of likely N-dealkylation sites (N-methyl/N-ethyl adjacent to an activating group) is 1. The number of carboxylic acid groups (broad SMARTS) is 1. The van der Waals surface area contributed by atoms with Gasteiger partial charge in [-0.1, -0.05) is 19.1 Å². The first-order valence-electron chi connectivity index (χ1n) is 9.35. The maximum atomic E-state index is 12.4. The SMILES string of the molecule is CCN(CC(=O)O)C1CCN(C(=O)CCOc2cccc(C)c2C)CC1. The van der Waals surface area contributed by atoms with E-state index >= 15 is 0 Å². The van der Waals surface area contributed by atoms with Crippen LogP contribution in [0.1, 0.15) is 37.3 Å². The van der Waals surface area contributed by atoms with E-state index in [9.17, 15) is 9.59 Å². The van der Waals surface area contributed by atoms with Gasteiger partial charge in [-0.2, -0.15) is 0 Å². The summed E-state index contributed by atoms with van der Waals surface area (Å²) in [7, 11) is 0. The first-order chi connectivity index (χ1) is 12.4. The summed E-state index contributed by atoms with van der Waals surface area (Å²) in [5.41, 5.74) is 2.29. The maximum absolute atomic E-state index is 12.4. The fourth-order valence-corrected chi connectivity index (χ4v) is 3.44. The van der Waals surface area contributed by atoms with E-state index in [1.54, 1.807) is 0 Å². The molecular weight excluding hydrogens is 332 g/mol. The van der Waals surface area contributed by atoms with Crippen molar-refractivity contribution in [1.29, 1.82) is 0 Å². The topological polar surface area (TPSA) is 70.1 Å². The maximum Gasteiger partial charge on any atom is 0.317 e. The van der Waals surface area contributed by atoms with Crippen LogP contribution < -0.4 is 4.74 Å². The molecule has 0 bridgehead atoms. The van der Waals surface area contributed by atoms with Crippen molar-refractivity contribution in [3.05, 3.63) is 29.3 Å². The van der Waals surface area contributed by atoms with Gasteiger partial charge < -0.3 is 14.7 Å². The summed E-state index contributed by atoms with van der Waals surface area (Å²) in [6.45, 7) is 8.57. The van der Waals surface area contributed by atoms with Crippen LogP contribution in [-0.4, -0.2) is 65.6 Å². The number of carbonyl (C=O) groups is 2. The standard InChI is InChI=1S/C20H30N2O4/c1-4-21(14-20(24)25)17-8-11-22(12-9-17)19(23)10-13-26-18-7-5-6-15(2)16(18)3/h5-7,17H,4,8-14H2,1-3H3,(H,24,25). The van der Waals surface area contributed by atoms with E-state index in [1.165, 1.54) is 5.56 Å². The molecule has 1 heterocycles. The predicted molar refractivity (Wildman–Crippen MR) is 101 cm³/mol. The van der Waals surface area contributed by atoms with Crippen LogP contribution in [0.5, 0.6) is 5.75 Å². The molecule has 6 heteroatoms. The zero-order chi connectivity index (χ0) is 19.1. The Bertz CT molecular complexity index is 624. The number of amides is 1. The van der Waals surface area contributed by atoms with Gasteiger partial charge in [-0.05, 0) is 50.4 Å². The first kappa shape index (κ1) is 20.2. The number of hydrogen-bond donors (Lipinski definition) is 1. The number of hydrogen-bond acceptors (Lipinski definition) is 4. The zero-order valence-electron chi connectivity index (χ0n) is 16.0. The average molecular weight is 362 g/mol. The van der Waals surface area contributed by atoms with E-state index in [2.05, 4.69) is 0 Å². The van der Waals surface area contributed by atoms with Gasteiger partial charge in [-0.3, -0.25) is 14.5 Å². The minimum absolute atomic E-state index is 0.0683. The Hall–Kier alpha value is -2.08. The molecule has 2 rings (SSSR count). The van der Waals surface area contributed by atoms with Crippen molar-refractivity contribution in [2.75, 3.05) is 32.8 Å². The number of aryl methyl sites for hydroxylation is 1. The highest BCUT2D eigenvalue weighted by molar-refractivity contribution is 5.76. The number of carboxylic acids is 1. The average Bonchev–Trinajstić information content (AvgIpc) is 2.63. The van der Waals surface area contributed by atoms with Crippen molar-refractivity contribution in [3.8, 4) is 5.75 Å². The lowest BCUT2D eigenvalue weighted by atomic mass is 10.0. The second-order valence-electron chi connectivity index (χ2n) is 6.87. The van der Waals surface area contributed by atoms with Crippen LogP contribution in [0.3, 0.4) is 0 Å². The number of benzene rings is 1. The normalized spacial score (nSPS) is 15.3. The minimum atomic E-state index is -0.797. The highest BCUT2D eigenvalue weighted by Gasteiger charge is 2.27. The lowest BCUT2D eigenvalue weighted by Crippen LogP contribution is -2.48. The van der Waals surface area contributed by atoms with E-state index in [4.69, 9.17) is 9.84 Å². The van der Waals surface area contributed by atoms with Crippen LogP contribution >= 0.6 is 0 Å². The molecule has 1 aliphatic heterocycles. The Morgan fingerprint density at radius 2 is 1.96 bits per heavy atom. The molecule has 1 aromatic rings. The van der Waals surface area contributed by atoms with Gasteiger partial charge in [0.25, 0.3) is 0 Å². The lowest BCUT2D eigenvalue weighted by molar-refractivity contribution is -0.140. The van der Waals surface area contributed by atoms with E-state index < -0.39 is 5.97 Å². The van der Waals surface area contributed by atoms with Crippen LogP contribution in [0.2, 0.25) is 0 Å². The Morgan fingerprint density at radius 3 is 2.58 bits per heavy atom. The molecule has 0 unspecified atom stereocenters. The van der Waals surface area contributed by atoms with Crippen molar-refractivity contribution >= 4 is 11.9 Å².